The van der Waals surface area contributed by atoms with Crippen LogP contribution in [0.5, 0.6) is 0 Å². The molecule has 2 amide bonds. The highest BCUT2D eigenvalue weighted by atomic mass is 32.2. The van der Waals surface area contributed by atoms with Crippen LogP contribution < -0.4 is 11.1 Å². The highest BCUT2D eigenvalue weighted by Crippen LogP contribution is 2.49. The van der Waals surface area contributed by atoms with E-state index in [1.807, 2.05) is 6.07 Å². The molecule has 1 saturated carbocycles. The number of aryl methyl sites for hydroxylation is 1. The molecule has 0 radical (unpaired) electrons. The van der Waals surface area contributed by atoms with Crippen molar-refractivity contribution in [1.29, 1.82) is 5.26 Å². The van der Waals surface area contributed by atoms with Crippen molar-refractivity contribution in [1.82, 2.24) is 20.0 Å². The lowest BCUT2D eigenvalue weighted by Gasteiger charge is -2.35. The van der Waals surface area contributed by atoms with E-state index in [1.165, 1.54) is 23.4 Å². The summed E-state index contributed by atoms with van der Waals surface area (Å²) in [5, 5.41) is 16.0. The second-order valence-corrected chi connectivity index (χ2v) is 13.6. The Balaban J connectivity index is 1.46. The molecule has 1 aromatic heterocycles. The molecule has 2 aromatic rings. The molecular weight excluding hydrogens is 527 g/mol. The summed E-state index contributed by atoms with van der Waals surface area (Å²) in [5.74, 6) is -0.816. The lowest BCUT2D eigenvalue weighted by atomic mass is 10.0. The van der Waals surface area contributed by atoms with E-state index in [0.717, 1.165) is 5.56 Å². The molecule has 2 heterocycles. The zero-order chi connectivity index (χ0) is 28.6. The maximum Gasteiger partial charge on any atom is 0.272 e. The van der Waals surface area contributed by atoms with E-state index in [-0.39, 0.29) is 50.1 Å². The van der Waals surface area contributed by atoms with Gasteiger partial charge in [0.1, 0.15) is 5.69 Å². The zero-order valence-electron chi connectivity index (χ0n) is 22.2. The van der Waals surface area contributed by atoms with E-state index in [4.69, 9.17) is 15.7 Å². The Labute approximate surface area is 227 Å². The molecule has 210 valence electrons. The standard InChI is InChI=1S/C26H33FN6O5S/c1-25(2,16-38-20(27)13-29)39(36,37)26(9-10-26)15-33-11-8-19-21(31-32(3)22(19)24(33)35)23(34)30-14-18-6-4-17(12-28)5-7-18/h4-7,20H,8-11,13-16,29H2,1-3H3,(H,30,34)/t20-/m1/s1. The van der Waals surface area contributed by atoms with Crippen molar-refractivity contribution < 1.29 is 27.1 Å². The summed E-state index contributed by atoms with van der Waals surface area (Å²) in [7, 11) is -2.24. The number of benzene rings is 1. The van der Waals surface area contributed by atoms with Gasteiger partial charge in [-0.25, -0.2) is 12.8 Å². The Morgan fingerprint density at radius 1 is 1.33 bits per heavy atom. The third-order valence-corrected chi connectivity index (χ3v) is 10.6. The van der Waals surface area contributed by atoms with Crippen LogP contribution in [-0.4, -0.2) is 77.0 Å². The summed E-state index contributed by atoms with van der Waals surface area (Å²) in [6, 6.07) is 8.86. The number of halogens is 1. The third kappa shape index (κ3) is 5.41. The Kier molecular flexibility index (Phi) is 7.84. The monoisotopic (exact) mass is 560 g/mol. The summed E-state index contributed by atoms with van der Waals surface area (Å²) < 4.78 is 44.6. The molecule has 0 saturated heterocycles. The predicted octanol–water partition coefficient (Wildman–Crippen LogP) is 1.22. The molecule has 0 unspecified atom stereocenters. The van der Waals surface area contributed by atoms with E-state index in [9.17, 15) is 22.4 Å². The van der Waals surface area contributed by atoms with E-state index in [2.05, 4.69) is 10.4 Å². The smallest absolute Gasteiger partial charge is 0.272 e. The van der Waals surface area contributed by atoms with Gasteiger partial charge < -0.3 is 20.7 Å². The quantitative estimate of drug-likeness (QED) is 0.415. The highest BCUT2D eigenvalue weighted by Gasteiger charge is 2.61. The topological polar surface area (TPSA) is 160 Å². The van der Waals surface area contributed by atoms with Crippen molar-refractivity contribution in [3.63, 3.8) is 0 Å². The number of rotatable bonds is 11. The van der Waals surface area contributed by atoms with Crippen LogP contribution in [0.1, 0.15) is 64.4 Å². The van der Waals surface area contributed by atoms with Gasteiger partial charge in [-0.3, -0.25) is 14.3 Å². The first-order valence-electron chi connectivity index (χ1n) is 12.7. The number of hydrogen-bond acceptors (Lipinski definition) is 8. The van der Waals surface area contributed by atoms with Crippen molar-refractivity contribution in [2.24, 2.45) is 12.8 Å². The van der Waals surface area contributed by atoms with Gasteiger partial charge in [-0.15, -0.1) is 0 Å². The number of nitrogens with zero attached hydrogens (tertiary/aromatic N) is 4. The van der Waals surface area contributed by atoms with Gasteiger partial charge in [-0.05, 0) is 50.8 Å². The summed E-state index contributed by atoms with van der Waals surface area (Å²) in [6.07, 6.45) is -0.631. The lowest BCUT2D eigenvalue weighted by Crippen LogP contribution is -2.52. The average molecular weight is 561 g/mol. The summed E-state index contributed by atoms with van der Waals surface area (Å²) in [6.45, 7) is 2.73. The molecule has 11 nitrogen and oxygen atoms in total. The Hall–Kier alpha value is -3.34. The number of hydrogen-bond donors (Lipinski definition) is 2. The van der Waals surface area contributed by atoms with Gasteiger partial charge in [0.2, 0.25) is 6.36 Å². The molecule has 0 spiro atoms. The third-order valence-electron chi connectivity index (χ3n) is 7.40. The van der Waals surface area contributed by atoms with Crippen LogP contribution in [0.25, 0.3) is 0 Å². The van der Waals surface area contributed by atoms with Gasteiger partial charge in [0.15, 0.2) is 15.5 Å². The first kappa shape index (κ1) is 28.7. The molecule has 4 rings (SSSR count). The van der Waals surface area contributed by atoms with Gasteiger partial charge >= 0.3 is 0 Å². The summed E-state index contributed by atoms with van der Waals surface area (Å²) >= 11 is 0. The normalized spacial score (nSPS) is 17.3. The molecule has 1 fully saturated rings. The Bertz CT molecular complexity index is 1410. The largest absolute Gasteiger partial charge is 0.347 e. The molecule has 1 aliphatic carbocycles. The van der Waals surface area contributed by atoms with E-state index >= 15 is 0 Å². The summed E-state index contributed by atoms with van der Waals surface area (Å²) in [5.41, 5.74) is 7.49. The van der Waals surface area contributed by atoms with Gasteiger partial charge in [0, 0.05) is 38.8 Å². The van der Waals surface area contributed by atoms with Crippen LogP contribution in [-0.2, 0) is 34.6 Å². The number of carbonyl (C=O) groups excluding carboxylic acids is 2. The number of amides is 2. The second kappa shape index (κ2) is 10.7. The number of fused-ring (bicyclic) bond motifs is 1. The van der Waals surface area contributed by atoms with Crippen LogP contribution in [0.4, 0.5) is 4.39 Å². The summed E-state index contributed by atoms with van der Waals surface area (Å²) in [4.78, 5) is 27.9. The van der Waals surface area contributed by atoms with E-state index in [0.29, 0.717) is 30.4 Å². The zero-order valence-corrected chi connectivity index (χ0v) is 23.1. The number of sulfone groups is 1. The van der Waals surface area contributed by atoms with Gasteiger partial charge in [-0.2, -0.15) is 10.4 Å². The molecule has 1 atom stereocenters. The number of nitriles is 1. The Morgan fingerprint density at radius 3 is 2.59 bits per heavy atom. The SMILES string of the molecule is Cn1nc(C(=O)NCc2ccc(C#N)cc2)c2c1C(=O)N(CC1(S(=O)(=O)C(C)(C)CO[C@@H](F)CN)CC1)CC2. The van der Waals surface area contributed by atoms with E-state index < -0.39 is 31.6 Å². The Morgan fingerprint density at radius 2 is 2.00 bits per heavy atom. The molecule has 0 bridgehead atoms. The molecule has 1 aliphatic heterocycles. The maximum atomic E-state index is 13.6. The molecule has 3 N–H and O–H groups in total. The predicted molar refractivity (Wildman–Crippen MR) is 140 cm³/mol. The molecule has 39 heavy (non-hydrogen) atoms. The number of alkyl halides is 1. The average Bonchev–Trinajstić information content (AvgIpc) is 3.63. The van der Waals surface area contributed by atoms with Crippen molar-refractivity contribution in [3.05, 3.63) is 52.3 Å². The number of aromatic nitrogens is 2. The number of ether oxygens (including phenoxy) is 1. The first-order chi connectivity index (χ1) is 18.4. The van der Waals surface area contributed by atoms with Gasteiger partial charge in [-0.1, -0.05) is 12.1 Å². The minimum atomic E-state index is -3.82. The van der Waals surface area contributed by atoms with Crippen LogP contribution >= 0.6 is 0 Å². The molecule has 13 heteroatoms. The fourth-order valence-electron chi connectivity index (χ4n) is 4.89. The van der Waals surface area contributed by atoms with Crippen molar-refractivity contribution in [2.45, 2.75) is 55.5 Å². The second-order valence-electron chi connectivity index (χ2n) is 10.7. The van der Waals surface area contributed by atoms with Crippen molar-refractivity contribution in [2.75, 3.05) is 26.2 Å². The maximum absolute atomic E-state index is 13.6. The minimum Gasteiger partial charge on any atom is -0.347 e. The molecule has 2 aliphatic rings. The van der Waals surface area contributed by atoms with Gasteiger partial charge in [0.05, 0.1) is 27.7 Å². The van der Waals surface area contributed by atoms with Crippen LogP contribution in [0.15, 0.2) is 24.3 Å². The van der Waals surface area contributed by atoms with E-state index in [1.54, 1.807) is 31.3 Å². The number of nitrogens with two attached hydrogens (primary N) is 1. The number of carbonyl (C=O) groups is 2. The fourth-order valence-corrected chi connectivity index (χ4v) is 7.25. The lowest BCUT2D eigenvalue weighted by molar-refractivity contribution is -0.0386. The van der Waals surface area contributed by atoms with Crippen molar-refractivity contribution >= 4 is 21.7 Å². The molecule has 1 aromatic carbocycles. The fraction of sp³-hybridized carbons (Fsp3) is 0.538. The van der Waals surface area contributed by atoms with Crippen LogP contribution in [0.2, 0.25) is 0 Å². The van der Waals surface area contributed by atoms with Crippen LogP contribution in [0, 0.1) is 11.3 Å². The van der Waals surface area contributed by atoms with Crippen molar-refractivity contribution in [3.8, 4) is 6.07 Å². The van der Waals surface area contributed by atoms with Crippen LogP contribution in [0.3, 0.4) is 0 Å². The first-order valence-corrected chi connectivity index (χ1v) is 14.2. The highest BCUT2D eigenvalue weighted by molar-refractivity contribution is 7.94. The number of nitrogens with one attached hydrogen (secondary N) is 1. The molecular formula is C26H33FN6O5S. The minimum absolute atomic E-state index is 0.00161. The van der Waals surface area contributed by atoms with Gasteiger partial charge in [0.25, 0.3) is 11.8 Å².